The first-order chi connectivity index (χ1) is 11.5. The Hall–Kier alpha value is -3.35. The topological polar surface area (TPSA) is 122 Å². The zero-order valence-corrected chi connectivity index (χ0v) is 13.2. The molecule has 3 rings (SSSR count). The van der Waals surface area contributed by atoms with Crippen molar-refractivity contribution in [2.45, 2.75) is 13.5 Å². The van der Waals surface area contributed by atoms with Crippen molar-refractivity contribution in [3.63, 3.8) is 0 Å². The molecule has 2 heterocycles. The highest BCUT2D eigenvalue weighted by Gasteiger charge is 2.11. The normalized spacial score (nSPS) is 10.5. The number of carbonyl (C=O) groups is 1. The first-order valence-electron chi connectivity index (χ1n) is 7.43. The van der Waals surface area contributed by atoms with Crippen LogP contribution in [0.25, 0.3) is 11.0 Å². The van der Waals surface area contributed by atoms with E-state index in [0.29, 0.717) is 12.1 Å². The fourth-order valence-corrected chi connectivity index (χ4v) is 2.46. The Balaban J connectivity index is 1.79. The lowest BCUT2D eigenvalue weighted by Crippen LogP contribution is -2.22. The van der Waals surface area contributed by atoms with Crippen LogP contribution in [0.2, 0.25) is 0 Å². The number of pyridine rings is 1. The predicted octanol–water partition coefficient (Wildman–Crippen LogP) is 1.90. The molecule has 2 aromatic heterocycles. The molecule has 0 spiro atoms. The van der Waals surface area contributed by atoms with Gasteiger partial charge in [0.25, 0.3) is 5.91 Å². The van der Waals surface area contributed by atoms with Crippen LogP contribution in [0.1, 0.15) is 21.5 Å². The Labute approximate surface area is 138 Å². The highest BCUT2D eigenvalue weighted by Crippen LogP contribution is 2.25. The average Bonchev–Trinajstić information content (AvgIpc) is 2.96. The summed E-state index contributed by atoms with van der Waals surface area (Å²) >= 11 is 0. The molecule has 1 amide bonds. The summed E-state index contributed by atoms with van der Waals surface area (Å²) in [7, 11) is 0. The van der Waals surface area contributed by atoms with E-state index >= 15 is 0 Å². The number of nitrogens with zero attached hydrogens (tertiary/aromatic N) is 2. The number of aryl methyl sites for hydroxylation is 1. The predicted molar refractivity (Wildman–Crippen MR) is 94.7 cm³/mol. The van der Waals surface area contributed by atoms with Crippen LogP contribution in [0.5, 0.6) is 0 Å². The first-order valence-corrected chi connectivity index (χ1v) is 7.43. The largest absolute Gasteiger partial charge is 0.370 e. The number of nitrogens with two attached hydrogens (primary N) is 2. The Kier molecular flexibility index (Phi) is 4.15. The first kappa shape index (κ1) is 15.5. The standard InChI is InChI=1S/C17H18N6O/c1-10-8-21-15-14(10)13(6-7-20-15)23-16(24)12-4-2-11(3-5-12)9-22-17(18)19/h2-8H,9H2,1H3,(H4,18,19,22)(H2,20,21,23,24). The molecular formula is C17H18N6O. The molecule has 24 heavy (non-hydrogen) atoms. The number of aromatic amines is 1. The van der Waals surface area contributed by atoms with Gasteiger partial charge in [-0.2, -0.15) is 0 Å². The maximum absolute atomic E-state index is 12.5. The van der Waals surface area contributed by atoms with Crippen LogP contribution in [0.3, 0.4) is 0 Å². The molecule has 0 radical (unpaired) electrons. The van der Waals surface area contributed by atoms with Gasteiger partial charge in [0.1, 0.15) is 5.65 Å². The Morgan fingerprint density at radius 1 is 1.25 bits per heavy atom. The van der Waals surface area contributed by atoms with E-state index in [1.807, 2.05) is 25.3 Å². The van der Waals surface area contributed by atoms with Crippen LogP contribution in [0.15, 0.2) is 47.7 Å². The molecule has 6 N–H and O–H groups in total. The summed E-state index contributed by atoms with van der Waals surface area (Å²) in [6.45, 7) is 2.35. The van der Waals surface area contributed by atoms with Gasteiger partial charge in [0.15, 0.2) is 5.96 Å². The fourth-order valence-electron chi connectivity index (χ4n) is 2.46. The number of fused-ring (bicyclic) bond motifs is 1. The van der Waals surface area contributed by atoms with Gasteiger partial charge in [0.05, 0.1) is 12.2 Å². The number of hydrogen-bond acceptors (Lipinski definition) is 3. The molecule has 7 nitrogen and oxygen atoms in total. The van der Waals surface area contributed by atoms with Crippen molar-refractivity contribution >= 4 is 28.6 Å². The van der Waals surface area contributed by atoms with E-state index in [2.05, 4.69) is 20.3 Å². The van der Waals surface area contributed by atoms with Gasteiger partial charge < -0.3 is 21.8 Å². The number of nitrogens with one attached hydrogen (secondary N) is 2. The third kappa shape index (κ3) is 3.19. The second-order valence-corrected chi connectivity index (χ2v) is 5.45. The number of H-pyrrole nitrogens is 1. The highest BCUT2D eigenvalue weighted by atomic mass is 16.1. The number of amides is 1. The Bertz CT molecular complexity index is 906. The third-order valence-corrected chi connectivity index (χ3v) is 3.68. The van der Waals surface area contributed by atoms with Crippen molar-refractivity contribution in [1.82, 2.24) is 9.97 Å². The van der Waals surface area contributed by atoms with Crippen molar-refractivity contribution in [3.05, 3.63) is 59.4 Å². The van der Waals surface area contributed by atoms with Crippen LogP contribution in [0.4, 0.5) is 5.69 Å². The monoisotopic (exact) mass is 322 g/mol. The second kappa shape index (κ2) is 6.41. The lowest BCUT2D eigenvalue weighted by Gasteiger charge is -2.08. The molecule has 122 valence electrons. The number of rotatable bonds is 4. The van der Waals surface area contributed by atoms with E-state index < -0.39 is 0 Å². The maximum atomic E-state index is 12.5. The van der Waals surface area contributed by atoms with E-state index in [1.165, 1.54) is 0 Å². The minimum Gasteiger partial charge on any atom is -0.370 e. The Morgan fingerprint density at radius 3 is 2.71 bits per heavy atom. The summed E-state index contributed by atoms with van der Waals surface area (Å²) in [5.41, 5.74) is 14.6. The maximum Gasteiger partial charge on any atom is 0.255 e. The van der Waals surface area contributed by atoms with Crippen molar-refractivity contribution in [1.29, 1.82) is 0 Å². The van der Waals surface area contributed by atoms with Crippen molar-refractivity contribution in [3.8, 4) is 0 Å². The van der Waals surface area contributed by atoms with Crippen LogP contribution in [-0.2, 0) is 6.54 Å². The summed E-state index contributed by atoms with van der Waals surface area (Å²) in [6.07, 6.45) is 3.53. The van der Waals surface area contributed by atoms with Crippen LogP contribution in [-0.4, -0.2) is 21.8 Å². The van der Waals surface area contributed by atoms with Gasteiger partial charge in [-0.3, -0.25) is 4.79 Å². The van der Waals surface area contributed by atoms with Gasteiger partial charge >= 0.3 is 0 Å². The van der Waals surface area contributed by atoms with Gasteiger partial charge in [-0.15, -0.1) is 0 Å². The molecule has 0 atom stereocenters. The molecule has 7 heteroatoms. The minimum absolute atomic E-state index is 0.0420. The van der Waals surface area contributed by atoms with Gasteiger partial charge in [-0.25, -0.2) is 9.98 Å². The molecule has 1 aromatic carbocycles. The van der Waals surface area contributed by atoms with E-state index in [1.54, 1.807) is 24.4 Å². The summed E-state index contributed by atoms with van der Waals surface area (Å²) in [4.78, 5) is 23.7. The van der Waals surface area contributed by atoms with Gasteiger partial charge in [0, 0.05) is 23.3 Å². The molecule has 0 fully saturated rings. The van der Waals surface area contributed by atoms with Crippen LogP contribution >= 0.6 is 0 Å². The minimum atomic E-state index is -0.184. The number of benzene rings is 1. The second-order valence-electron chi connectivity index (χ2n) is 5.45. The van der Waals surface area contributed by atoms with Crippen molar-refractivity contribution in [2.24, 2.45) is 16.5 Å². The zero-order valence-electron chi connectivity index (χ0n) is 13.2. The average molecular weight is 322 g/mol. The fraction of sp³-hybridized carbons (Fsp3) is 0.118. The van der Waals surface area contributed by atoms with Gasteiger partial charge in [0.2, 0.25) is 0 Å². The number of anilines is 1. The van der Waals surface area contributed by atoms with Gasteiger partial charge in [-0.1, -0.05) is 12.1 Å². The molecule has 0 aliphatic rings. The summed E-state index contributed by atoms with van der Waals surface area (Å²) in [5, 5.41) is 3.84. The number of aromatic nitrogens is 2. The van der Waals surface area contributed by atoms with Gasteiger partial charge in [-0.05, 0) is 36.2 Å². The molecule has 0 saturated carbocycles. The molecule has 0 unspecified atom stereocenters. The molecule has 0 aliphatic carbocycles. The van der Waals surface area contributed by atoms with E-state index in [9.17, 15) is 4.79 Å². The Morgan fingerprint density at radius 2 is 2.00 bits per heavy atom. The molecular weight excluding hydrogens is 304 g/mol. The number of guanidine groups is 1. The SMILES string of the molecule is Cc1c[nH]c2nccc(NC(=O)c3ccc(CN=C(N)N)cc3)c12. The smallest absolute Gasteiger partial charge is 0.255 e. The lowest BCUT2D eigenvalue weighted by atomic mass is 10.1. The number of carbonyl (C=O) groups excluding carboxylic acids is 1. The van der Waals surface area contributed by atoms with Crippen molar-refractivity contribution < 1.29 is 4.79 Å². The molecule has 0 aliphatic heterocycles. The molecule has 3 aromatic rings. The molecule has 0 bridgehead atoms. The molecule has 0 saturated heterocycles. The zero-order chi connectivity index (χ0) is 17.1. The van der Waals surface area contributed by atoms with E-state index in [4.69, 9.17) is 11.5 Å². The summed E-state index contributed by atoms with van der Waals surface area (Å²) < 4.78 is 0. The summed E-state index contributed by atoms with van der Waals surface area (Å²) in [5.74, 6) is -0.142. The lowest BCUT2D eigenvalue weighted by molar-refractivity contribution is 0.102. The highest BCUT2D eigenvalue weighted by molar-refractivity contribution is 6.08. The van der Waals surface area contributed by atoms with Crippen LogP contribution in [0, 0.1) is 6.92 Å². The number of aliphatic imine (C=N–C) groups is 1. The quantitative estimate of drug-likeness (QED) is 0.433. The number of hydrogen-bond donors (Lipinski definition) is 4. The van der Waals surface area contributed by atoms with E-state index in [-0.39, 0.29) is 11.9 Å². The van der Waals surface area contributed by atoms with Crippen LogP contribution < -0.4 is 16.8 Å². The van der Waals surface area contributed by atoms with E-state index in [0.717, 1.165) is 27.8 Å². The summed E-state index contributed by atoms with van der Waals surface area (Å²) in [6, 6.07) is 8.93. The van der Waals surface area contributed by atoms with Crippen molar-refractivity contribution in [2.75, 3.05) is 5.32 Å². The third-order valence-electron chi connectivity index (χ3n) is 3.68.